The Morgan fingerprint density at radius 3 is 2.71 bits per heavy atom. The van der Waals surface area contributed by atoms with Crippen LogP contribution in [0.1, 0.15) is 15.9 Å². The van der Waals surface area contributed by atoms with Crippen molar-refractivity contribution in [3.8, 4) is 0 Å². The van der Waals surface area contributed by atoms with Crippen LogP contribution in [0.3, 0.4) is 0 Å². The molecule has 0 fully saturated rings. The molecule has 0 saturated heterocycles. The van der Waals surface area contributed by atoms with E-state index in [1.807, 2.05) is 38.1 Å². The Morgan fingerprint density at radius 2 is 2.05 bits per heavy atom. The van der Waals surface area contributed by atoms with E-state index in [1.54, 1.807) is 6.07 Å². The summed E-state index contributed by atoms with van der Waals surface area (Å²) in [5.74, 6) is -1.66. The molecule has 1 amide bonds. The van der Waals surface area contributed by atoms with Gasteiger partial charge in [-0.3, -0.25) is 4.79 Å². The normalized spacial score (nSPS) is 10.3. The number of benzene rings is 1. The fourth-order valence-corrected chi connectivity index (χ4v) is 2.00. The van der Waals surface area contributed by atoms with Gasteiger partial charge in [0.15, 0.2) is 11.6 Å². The fraction of sp³-hybridized carbons (Fsp3) is 0.200. The highest BCUT2D eigenvalue weighted by Crippen LogP contribution is 2.23. The number of aromatic nitrogens is 1. The van der Waals surface area contributed by atoms with Crippen molar-refractivity contribution in [1.29, 1.82) is 0 Å². The standard InChI is InChI=1S/C15H17FN4O/c1-9-4-5-10(8-12(9)20(2)3)19-15(21)11-6-7-18-14(17)13(11)16/h4-8H,1-3H3,(H2,17,18)(H,19,21). The quantitative estimate of drug-likeness (QED) is 0.910. The zero-order chi connectivity index (χ0) is 15.6. The number of halogens is 1. The maximum absolute atomic E-state index is 13.8. The number of rotatable bonds is 3. The predicted octanol–water partition coefficient (Wildman–Crippen LogP) is 2.43. The molecule has 1 aromatic heterocycles. The number of nitrogen functional groups attached to an aromatic ring is 1. The molecule has 0 bridgehead atoms. The summed E-state index contributed by atoms with van der Waals surface area (Å²) >= 11 is 0. The number of pyridine rings is 1. The third kappa shape index (κ3) is 3.10. The number of aryl methyl sites for hydroxylation is 1. The van der Waals surface area contributed by atoms with Crippen LogP contribution in [-0.4, -0.2) is 25.0 Å². The maximum Gasteiger partial charge on any atom is 0.258 e. The molecule has 6 heteroatoms. The molecule has 3 N–H and O–H groups in total. The summed E-state index contributed by atoms with van der Waals surface area (Å²) in [4.78, 5) is 17.6. The minimum absolute atomic E-state index is 0.130. The Bertz CT molecular complexity index is 685. The molecule has 2 rings (SSSR count). The molecule has 2 aromatic rings. The summed E-state index contributed by atoms with van der Waals surface area (Å²) in [6.07, 6.45) is 1.30. The molecule has 0 unspecified atom stereocenters. The number of nitrogens with one attached hydrogen (secondary N) is 1. The van der Waals surface area contributed by atoms with Gasteiger partial charge >= 0.3 is 0 Å². The lowest BCUT2D eigenvalue weighted by molar-refractivity contribution is 0.102. The molecule has 0 aliphatic rings. The minimum atomic E-state index is -0.810. The van der Waals surface area contributed by atoms with Crippen molar-refractivity contribution in [1.82, 2.24) is 4.98 Å². The largest absolute Gasteiger partial charge is 0.381 e. The lowest BCUT2D eigenvalue weighted by Gasteiger charge is -2.17. The third-order valence-electron chi connectivity index (χ3n) is 3.11. The summed E-state index contributed by atoms with van der Waals surface area (Å²) in [6.45, 7) is 1.98. The number of carbonyl (C=O) groups excluding carboxylic acids is 1. The number of nitrogens with zero attached hydrogens (tertiary/aromatic N) is 2. The van der Waals surface area contributed by atoms with E-state index in [4.69, 9.17) is 5.73 Å². The highest BCUT2D eigenvalue weighted by molar-refractivity contribution is 6.05. The molecule has 0 saturated carbocycles. The van der Waals surface area contributed by atoms with Gasteiger partial charge in [-0.15, -0.1) is 0 Å². The van der Waals surface area contributed by atoms with Crippen LogP contribution in [0.2, 0.25) is 0 Å². The number of amides is 1. The van der Waals surface area contributed by atoms with Crippen LogP contribution in [0, 0.1) is 12.7 Å². The average Bonchev–Trinajstić information content (AvgIpc) is 2.43. The van der Waals surface area contributed by atoms with Crippen LogP contribution in [0.25, 0.3) is 0 Å². The fourth-order valence-electron chi connectivity index (χ4n) is 2.00. The Hall–Kier alpha value is -2.63. The maximum atomic E-state index is 13.8. The number of hydrogen-bond acceptors (Lipinski definition) is 4. The second-order valence-corrected chi connectivity index (χ2v) is 4.91. The molecule has 1 heterocycles. The molecule has 0 aliphatic carbocycles. The van der Waals surface area contributed by atoms with Crippen LogP contribution in [0.15, 0.2) is 30.5 Å². The topological polar surface area (TPSA) is 71.2 Å². The van der Waals surface area contributed by atoms with Gasteiger partial charge < -0.3 is 16.0 Å². The number of anilines is 3. The van der Waals surface area contributed by atoms with E-state index in [1.165, 1.54) is 12.3 Å². The second-order valence-electron chi connectivity index (χ2n) is 4.91. The molecule has 1 aromatic carbocycles. The van der Waals surface area contributed by atoms with Gasteiger partial charge in [-0.2, -0.15) is 0 Å². The molecular weight excluding hydrogens is 271 g/mol. The summed E-state index contributed by atoms with van der Waals surface area (Å²) in [5.41, 5.74) is 7.88. The van der Waals surface area contributed by atoms with E-state index in [0.717, 1.165) is 11.3 Å². The van der Waals surface area contributed by atoms with Crippen molar-refractivity contribution in [2.24, 2.45) is 0 Å². The predicted molar refractivity (Wildman–Crippen MR) is 82.1 cm³/mol. The highest BCUT2D eigenvalue weighted by atomic mass is 19.1. The first-order valence-electron chi connectivity index (χ1n) is 6.39. The minimum Gasteiger partial charge on any atom is -0.381 e. The van der Waals surface area contributed by atoms with Gasteiger partial charge in [0.2, 0.25) is 0 Å². The van der Waals surface area contributed by atoms with E-state index < -0.39 is 11.7 Å². The van der Waals surface area contributed by atoms with Gasteiger partial charge in [0, 0.05) is 31.7 Å². The van der Waals surface area contributed by atoms with E-state index >= 15 is 0 Å². The molecule has 0 spiro atoms. The van der Waals surface area contributed by atoms with Gasteiger partial charge in [-0.25, -0.2) is 9.37 Å². The Labute approximate surface area is 122 Å². The van der Waals surface area contributed by atoms with E-state index in [0.29, 0.717) is 5.69 Å². The molecule has 21 heavy (non-hydrogen) atoms. The Balaban J connectivity index is 2.28. The Kier molecular flexibility index (Phi) is 4.07. The molecular formula is C15H17FN4O. The molecule has 0 aliphatic heterocycles. The summed E-state index contributed by atoms with van der Waals surface area (Å²) in [7, 11) is 3.83. The summed E-state index contributed by atoms with van der Waals surface area (Å²) < 4.78 is 13.8. The van der Waals surface area contributed by atoms with Gasteiger partial charge in [0.1, 0.15) is 0 Å². The van der Waals surface area contributed by atoms with Crippen molar-refractivity contribution in [2.75, 3.05) is 30.0 Å². The van der Waals surface area contributed by atoms with Gasteiger partial charge in [0.05, 0.1) is 5.56 Å². The van der Waals surface area contributed by atoms with Crippen molar-refractivity contribution in [3.05, 3.63) is 47.4 Å². The first-order chi connectivity index (χ1) is 9.90. The zero-order valence-electron chi connectivity index (χ0n) is 12.1. The number of carbonyl (C=O) groups is 1. The van der Waals surface area contributed by atoms with Crippen molar-refractivity contribution >= 4 is 23.1 Å². The lowest BCUT2D eigenvalue weighted by atomic mass is 10.1. The van der Waals surface area contributed by atoms with Crippen molar-refractivity contribution < 1.29 is 9.18 Å². The van der Waals surface area contributed by atoms with Crippen LogP contribution in [0.5, 0.6) is 0 Å². The van der Waals surface area contributed by atoms with Crippen LogP contribution >= 0.6 is 0 Å². The monoisotopic (exact) mass is 288 g/mol. The van der Waals surface area contributed by atoms with Crippen molar-refractivity contribution in [3.63, 3.8) is 0 Å². The SMILES string of the molecule is Cc1ccc(NC(=O)c2ccnc(N)c2F)cc1N(C)C. The van der Waals surface area contributed by atoms with Crippen molar-refractivity contribution in [2.45, 2.75) is 6.92 Å². The highest BCUT2D eigenvalue weighted by Gasteiger charge is 2.15. The second kappa shape index (κ2) is 5.78. The smallest absolute Gasteiger partial charge is 0.258 e. The average molecular weight is 288 g/mol. The van der Waals surface area contributed by atoms with Gasteiger partial charge in [-0.1, -0.05) is 6.07 Å². The molecule has 0 radical (unpaired) electrons. The zero-order valence-corrected chi connectivity index (χ0v) is 12.1. The molecule has 5 nitrogen and oxygen atoms in total. The summed E-state index contributed by atoms with van der Waals surface area (Å²) in [6, 6.07) is 6.78. The van der Waals surface area contributed by atoms with E-state index in [-0.39, 0.29) is 11.4 Å². The molecule has 0 atom stereocenters. The van der Waals surface area contributed by atoms with Crippen LogP contribution < -0.4 is 16.0 Å². The third-order valence-corrected chi connectivity index (χ3v) is 3.11. The number of hydrogen-bond donors (Lipinski definition) is 2. The van der Waals surface area contributed by atoms with Gasteiger partial charge in [-0.05, 0) is 30.7 Å². The van der Waals surface area contributed by atoms with E-state index in [9.17, 15) is 9.18 Å². The first kappa shape index (κ1) is 14.8. The number of nitrogens with two attached hydrogens (primary N) is 1. The molecule has 110 valence electrons. The van der Waals surface area contributed by atoms with Gasteiger partial charge in [0.25, 0.3) is 5.91 Å². The Morgan fingerprint density at radius 1 is 1.33 bits per heavy atom. The first-order valence-corrected chi connectivity index (χ1v) is 6.39. The van der Waals surface area contributed by atoms with E-state index in [2.05, 4.69) is 10.3 Å². The lowest BCUT2D eigenvalue weighted by Crippen LogP contribution is -2.16. The summed E-state index contributed by atoms with van der Waals surface area (Å²) in [5, 5.41) is 2.66. The van der Waals surface area contributed by atoms with Crippen LogP contribution in [0.4, 0.5) is 21.6 Å². The van der Waals surface area contributed by atoms with Crippen LogP contribution in [-0.2, 0) is 0 Å².